The van der Waals surface area contributed by atoms with Crippen LogP contribution in [0.5, 0.6) is 0 Å². The van der Waals surface area contributed by atoms with Crippen LogP contribution in [0.25, 0.3) is 0 Å². The van der Waals surface area contributed by atoms with Crippen molar-refractivity contribution in [3.63, 3.8) is 0 Å². The molecule has 4 unspecified atom stereocenters. The molecular formula is C22H33N6O22P5. The van der Waals surface area contributed by atoms with Gasteiger partial charge in [-0.2, -0.15) is 17.2 Å². The molecule has 0 aliphatic rings. The summed E-state index contributed by atoms with van der Waals surface area (Å²) in [5, 5.41) is 31.6. The monoisotopic (exact) mass is 888 g/mol. The highest BCUT2D eigenvalue weighted by Gasteiger charge is 2.48. The zero-order valence-electron chi connectivity index (χ0n) is 27.6. The molecule has 0 aliphatic carbocycles. The van der Waals surface area contributed by atoms with Gasteiger partial charge in [-0.15, -0.1) is 0 Å². The summed E-state index contributed by atoms with van der Waals surface area (Å²) in [5.41, 5.74) is 0.0748. The highest BCUT2D eigenvalue weighted by atomic mass is 31.3. The summed E-state index contributed by atoms with van der Waals surface area (Å²) in [6.45, 7) is -2.54. The van der Waals surface area contributed by atoms with E-state index in [1.807, 2.05) is 0 Å². The number of amides is 2. The van der Waals surface area contributed by atoms with Gasteiger partial charge in [0.1, 0.15) is 0 Å². The summed E-state index contributed by atoms with van der Waals surface area (Å²) in [5.74, 6) is -1.24. The molecule has 0 heterocycles. The van der Waals surface area contributed by atoms with E-state index in [4.69, 9.17) is 0 Å². The van der Waals surface area contributed by atoms with Crippen LogP contribution in [-0.4, -0.2) is 85.5 Å². The first-order valence-electron chi connectivity index (χ1n) is 14.7. The number of benzene rings is 2. The second-order valence-corrected chi connectivity index (χ2v) is 17.9. The van der Waals surface area contributed by atoms with Crippen molar-refractivity contribution in [2.45, 2.75) is 12.8 Å². The van der Waals surface area contributed by atoms with Crippen molar-refractivity contribution in [3.05, 3.63) is 68.8 Å². The summed E-state index contributed by atoms with van der Waals surface area (Å²) in [6.07, 6.45) is -0.445. The number of hydrogen-bond donors (Lipinski definition) is 9. The maximum atomic E-state index is 12.0. The van der Waals surface area contributed by atoms with Crippen LogP contribution in [0.1, 0.15) is 12.8 Å². The molecule has 0 saturated carbocycles. The minimum Gasteiger partial charge on any atom is -0.376 e. The Balaban J connectivity index is 1.70. The van der Waals surface area contributed by atoms with Gasteiger partial charge < -0.3 is 45.7 Å². The average Bonchev–Trinajstić information content (AvgIpc) is 3.04. The summed E-state index contributed by atoms with van der Waals surface area (Å²) < 4.78 is 83.7. The third-order valence-electron chi connectivity index (χ3n) is 5.64. The van der Waals surface area contributed by atoms with E-state index in [9.17, 15) is 77.1 Å². The van der Waals surface area contributed by atoms with Gasteiger partial charge in [0.2, 0.25) is 11.8 Å². The van der Waals surface area contributed by atoms with E-state index in [1.54, 1.807) is 0 Å². The summed E-state index contributed by atoms with van der Waals surface area (Å²) in [6, 6.07) is 10.5. The zero-order valence-corrected chi connectivity index (χ0v) is 32.1. The van der Waals surface area contributed by atoms with E-state index >= 15 is 0 Å². The molecule has 33 heteroatoms. The van der Waals surface area contributed by atoms with Crippen molar-refractivity contribution in [2.24, 2.45) is 0 Å². The number of carbonyl (C=O) groups is 2. The van der Waals surface area contributed by atoms with Crippen LogP contribution in [0.3, 0.4) is 0 Å². The molecule has 0 saturated heterocycles. The molecule has 2 aromatic carbocycles. The molecule has 0 bridgehead atoms. The first kappa shape index (κ1) is 47.6. The van der Waals surface area contributed by atoms with Crippen molar-refractivity contribution in [1.82, 2.24) is 10.6 Å². The topological polar surface area (TPSA) is 410 Å². The summed E-state index contributed by atoms with van der Waals surface area (Å²) in [4.78, 5) is 92.3. The first-order valence-corrected chi connectivity index (χ1v) is 22.1. The lowest BCUT2D eigenvalue weighted by atomic mass is 10.3. The molecule has 2 rings (SSSR count). The fourth-order valence-corrected chi connectivity index (χ4v) is 9.95. The maximum absolute atomic E-state index is 12.0. The van der Waals surface area contributed by atoms with Gasteiger partial charge in [-0.3, -0.25) is 38.9 Å². The predicted molar refractivity (Wildman–Crippen MR) is 184 cm³/mol. The van der Waals surface area contributed by atoms with Crippen molar-refractivity contribution >= 4 is 73.7 Å². The molecule has 55 heavy (non-hydrogen) atoms. The summed E-state index contributed by atoms with van der Waals surface area (Å²) in [7, 11) is -29.8. The lowest BCUT2D eigenvalue weighted by Crippen LogP contribution is -2.31. The van der Waals surface area contributed by atoms with Crippen molar-refractivity contribution in [1.29, 1.82) is 0 Å². The number of phosphoric ester groups is 2. The van der Waals surface area contributed by atoms with E-state index in [0.29, 0.717) is 0 Å². The van der Waals surface area contributed by atoms with Crippen LogP contribution < -0.4 is 21.3 Å². The Hall–Kier alpha value is -3.51. The minimum atomic E-state index is -6.30. The molecule has 9 N–H and O–H groups in total. The largest absolute Gasteiger partial charge is 0.490 e. The summed E-state index contributed by atoms with van der Waals surface area (Å²) >= 11 is 0. The van der Waals surface area contributed by atoms with E-state index < -0.39 is 74.0 Å². The fraction of sp³-hybridized carbons (Fsp3) is 0.364. The second kappa shape index (κ2) is 21.1. The van der Waals surface area contributed by atoms with Crippen molar-refractivity contribution in [2.75, 3.05) is 50.0 Å². The average molecular weight is 888 g/mol. The van der Waals surface area contributed by atoms with Gasteiger partial charge in [0, 0.05) is 48.7 Å². The van der Waals surface area contributed by atoms with Gasteiger partial charge in [0.25, 0.3) is 11.4 Å². The van der Waals surface area contributed by atoms with Crippen LogP contribution in [0, 0.1) is 20.2 Å². The van der Waals surface area contributed by atoms with Crippen molar-refractivity contribution < 1.29 is 93.0 Å². The molecule has 0 aromatic heterocycles. The van der Waals surface area contributed by atoms with Gasteiger partial charge in [0.15, 0.2) is 0 Å². The minimum absolute atomic E-state index is 0.201. The standard InChI is InChI=1S/C22H33N6O22P5/c29-21(15-25-17-5-1-7-19(13-17)27(31)32)23-9-3-11-45-51(35,36)47-53(39,40)49-55(43,44)50-54(41,42)48-52(37,38)46-12-4-10-24-22(30)16-26-18-6-2-8-20(14-18)28(33)34/h1-2,5-8,13-14,25-26H,3-4,9-12,15-16H2,(H,23,29)(H,24,30)(H,35,36)(H,37,38)(H,39,40)(H,41,42)(H,43,44). The quantitative estimate of drug-likeness (QED) is 0.0284. The molecular weight excluding hydrogens is 855 g/mol. The van der Waals surface area contributed by atoms with E-state index in [-0.39, 0.29) is 61.8 Å². The van der Waals surface area contributed by atoms with Gasteiger partial charge in [-0.1, -0.05) is 12.1 Å². The maximum Gasteiger partial charge on any atom is 0.490 e. The number of anilines is 2. The third-order valence-corrected chi connectivity index (χ3v) is 13.3. The highest BCUT2D eigenvalue weighted by Crippen LogP contribution is 2.73. The van der Waals surface area contributed by atoms with E-state index in [2.05, 4.69) is 47.6 Å². The van der Waals surface area contributed by atoms with E-state index in [1.165, 1.54) is 48.5 Å². The molecule has 308 valence electrons. The van der Waals surface area contributed by atoms with Gasteiger partial charge >= 0.3 is 39.1 Å². The SMILES string of the molecule is O=C(CNc1cccc([N+](=O)[O-])c1)NCCCOP(=O)(O)OP(=O)(O)OP(=O)(O)OP(=O)(O)OP(=O)(O)OCCCNC(=O)CNc1cccc([N+](=O)[O-])c1. The first-order chi connectivity index (χ1) is 25.4. The van der Waals surface area contributed by atoms with Crippen LogP contribution in [0.15, 0.2) is 48.5 Å². The number of nitrogens with one attached hydrogen (secondary N) is 4. The van der Waals surface area contributed by atoms with Gasteiger partial charge in [-0.05, 0) is 25.0 Å². The number of nitro benzene ring substituents is 2. The number of hydrogen-bond acceptors (Lipinski definition) is 19. The van der Waals surface area contributed by atoms with Gasteiger partial charge in [-0.25, -0.2) is 22.8 Å². The zero-order chi connectivity index (χ0) is 41.5. The molecule has 2 amide bonds. The number of phosphoric acid groups is 5. The molecule has 2 aromatic rings. The Morgan fingerprint density at radius 2 is 0.909 bits per heavy atom. The Labute approximate surface area is 308 Å². The third kappa shape index (κ3) is 20.3. The number of rotatable bonds is 26. The number of nitro groups is 2. The predicted octanol–water partition coefficient (Wildman–Crippen LogP) is 2.64. The van der Waals surface area contributed by atoms with Crippen LogP contribution >= 0.6 is 39.1 Å². The fourth-order valence-electron chi connectivity index (χ4n) is 3.52. The van der Waals surface area contributed by atoms with Crippen molar-refractivity contribution in [3.8, 4) is 0 Å². The Morgan fingerprint density at radius 3 is 1.24 bits per heavy atom. The van der Waals surface area contributed by atoms with Crippen LogP contribution in [0.4, 0.5) is 22.7 Å². The molecule has 4 atom stereocenters. The molecule has 0 spiro atoms. The number of non-ortho nitro benzene ring substituents is 2. The number of nitrogens with zero attached hydrogens (tertiary/aromatic N) is 2. The smallest absolute Gasteiger partial charge is 0.376 e. The second-order valence-electron chi connectivity index (χ2n) is 10.1. The molecule has 0 aliphatic heterocycles. The molecule has 28 nitrogen and oxygen atoms in total. The lowest BCUT2D eigenvalue weighted by Gasteiger charge is -2.20. The van der Waals surface area contributed by atoms with Gasteiger partial charge in [0.05, 0.1) is 36.1 Å². The molecule has 0 fully saturated rings. The molecule has 0 radical (unpaired) electrons. The lowest BCUT2D eigenvalue weighted by molar-refractivity contribution is -0.385. The Bertz CT molecular complexity index is 1800. The van der Waals surface area contributed by atoms with E-state index in [0.717, 1.165) is 0 Å². The highest BCUT2D eigenvalue weighted by molar-refractivity contribution is 7.71. The number of carbonyl (C=O) groups excluding carboxylic acids is 2. The normalized spacial score (nSPS) is 16.8. The van der Waals surface area contributed by atoms with Crippen LogP contribution in [0.2, 0.25) is 0 Å². The van der Waals surface area contributed by atoms with Crippen LogP contribution in [-0.2, 0) is 58.7 Å². The Morgan fingerprint density at radius 1 is 0.582 bits per heavy atom. The Kier molecular flexibility index (Phi) is 18.3.